The lowest BCUT2D eigenvalue weighted by Crippen LogP contribution is -2.18. The first-order chi connectivity index (χ1) is 6.70. The largest absolute Gasteiger partial charge is 0.370 e. The second-order valence-corrected chi connectivity index (χ2v) is 2.96. The van der Waals surface area contributed by atoms with Gasteiger partial charge in [-0.25, -0.2) is 4.39 Å². The highest BCUT2D eigenvalue weighted by molar-refractivity contribution is 5.84. The average molecular weight is 193 g/mol. The van der Waals surface area contributed by atoms with Crippen molar-refractivity contribution in [1.82, 2.24) is 0 Å². The minimum atomic E-state index is -0.492. The average Bonchev–Trinajstić information content (AvgIpc) is 2.17. The van der Waals surface area contributed by atoms with Gasteiger partial charge in [-0.05, 0) is 12.1 Å². The Hall–Kier alpha value is -1.64. The SMILES string of the molecule is C=CCN(C)c1cccc(F)c1C=O. The Morgan fingerprint density at radius 3 is 2.86 bits per heavy atom. The Balaban J connectivity index is 3.12. The Kier molecular flexibility index (Phi) is 3.40. The molecule has 0 atom stereocenters. The molecule has 3 heteroatoms. The molecule has 0 radical (unpaired) electrons. The number of aldehydes is 1. The highest BCUT2D eigenvalue weighted by atomic mass is 19.1. The van der Waals surface area contributed by atoms with E-state index in [1.807, 2.05) is 0 Å². The predicted octanol–water partition coefficient (Wildman–Crippen LogP) is 2.26. The molecule has 0 heterocycles. The molecular formula is C11H12FNO. The van der Waals surface area contributed by atoms with Crippen LogP contribution < -0.4 is 4.90 Å². The van der Waals surface area contributed by atoms with E-state index in [1.54, 1.807) is 30.2 Å². The molecule has 0 bridgehead atoms. The minimum Gasteiger partial charge on any atom is -0.370 e. The molecule has 1 aromatic carbocycles. The number of benzene rings is 1. The van der Waals surface area contributed by atoms with E-state index in [1.165, 1.54) is 6.07 Å². The highest BCUT2D eigenvalue weighted by Gasteiger charge is 2.09. The second-order valence-electron chi connectivity index (χ2n) is 2.96. The van der Waals surface area contributed by atoms with Crippen LogP contribution in [0.4, 0.5) is 10.1 Å². The molecule has 0 saturated heterocycles. The van der Waals surface area contributed by atoms with Crippen LogP contribution in [0.3, 0.4) is 0 Å². The number of hydrogen-bond acceptors (Lipinski definition) is 2. The van der Waals surface area contributed by atoms with Gasteiger partial charge in [0.05, 0.1) is 11.3 Å². The minimum absolute atomic E-state index is 0.0943. The number of rotatable bonds is 4. The molecule has 0 N–H and O–H groups in total. The first-order valence-electron chi connectivity index (χ1n) is 4.26. The normalized spacial score (nSPS) is 9.57. The van der Waals surface area contributed by atoms with Crippen molar-refractivity contribution in [3.63, 3.8) is 0 Å². The van der Waals surface area contributed by atoms with Crippen LogP contribution in [0.15, 0.2) is 30.9 Å². The number of carbonyl (C=O) groups excluding carboxylic acids is 1. The highest BCUT2D eigenvalue weighted by Crippen LogP contribution is 2.20. The second kappa shape index (κ2) is 4.56. The third-order valence-corrected chi connectivity index (χ3v) is 1.96. The maximum absolute atomic E-state index is 13.2. The molecule has 1 rings (SSSR count). The summed E-state index contributed by atoms with van der Waals surface area (Å²) in [5.41, 5.74) is 0.678. The molecule has 1 aromatic rings. The summed E-state index contributed by atoms with van der Waals surface area (Å²) in [5, 5.41) is 0. The van der Waals surface area contributed by atoms with Crippen molar-refractivity contribution in [2.24, 2.45) is 0 Å². The number of carbonyl (C=O) groups is 1. The van der Waals surface area contributed by atoms with Crippen LogP contribution in [0.25, 0.3) is 0 Å². The van der Waals surface area contributed by atoms with E-state index >= 15 is 0 Å². The van der Waals surface area contributed by atoms with Crippen molar-refractivity contribution >= 4 is 12.0 Å². The summed E-state index contributed by atoms with van der Waals surface area (Å²) in [6, 6.07) is 4.56. The molecule has 0 spiro atoms. The van der Waals surface area contributed by atoms with Gasteiger partial charge in [0, 0.05) is 13.6 Å². The van der Waals surface area contributed by atoms with E-state index in [4.69, 9.17) is 0 Å². The van der Waals surface area contributed by atoms with Crippen LogP contribution >= 0.6 is 0 Å². The molecular weight excluding hydrogens is 181 g/mol. The Morgan fingerprint density at radius 2 is 2.29 bits per heavy atom. The number of halogens is 1. The molecule has 0 aromatic heterocycles. The quantitative estimate of drug-likeness (QED) is 0.540. The Morgan fingerprint density at radius 1 is 1.57 bits per heavy atom. The fourth-order valence-corrected chi connectivity index (χ4v) is 1.27. The zero-order chi connectivity index (χ0) is 10.6. The van der Waals surface area contributed by atoms with Crippen LogP contribution in [-0.4, -0.2) is 19.9 Å². The van der Waals surface area contributed by atoms with E-state index < -0.39 is 5.82 Å². The van der Waals surface area contributed by atoms with Crippen LogP contribution in [-0.2, 0) is 0 Å². The molecule has 2 nitrogen and oxygen atoms in total. The van der Waals surface area contributed by atoms with E-state index in [0.717, 1.165) is 0 Å². The smallest absolute Gasteiger partial charge is 0.155 e. The number of likely N-dealkylation sites (N-methyl/N-ethyl adjacent to an activating group) is 1. The summed E-state index contributed by atoms with van der Waals surface area (Å²) in [5.74, 6) is -0.492. The van der Waals surface area contributed by atoms with Gasteiger partial charge < -0.3 is 4.90 Å². The number of anilines is 1. The van der Waals surface area contributed by atoms with Gasteiger partial charge >= 0.3 is 0 Å². The van der Waals surface area contributed by atoms with E-state index in [2.05, 4.69) is 6.58 Å². The number of nitrogens with zero attached hydrogens (tertiary/aromatic N) is 1. The zero-order valence-electron chi connectivity index (χ0n) is 8.03. The van der Waals surface area contributed by atoms with Crippen LogP contribution in [0.5, 0.6) is 0 Å². The molecule has 0 aliphatic carbocycles. The summed E-state index contributed by atoms with van der Waals surface area (Å²) >= 11 is 0. The van der Waals surface area contributed by atoms with Gasteiger partial charge in [0.1, 0.15) is 5.82 Å². The van der Waals surface area contributed by atoms with E-state index in [-0.39, 0.29) is 5.56 Å². The molecule has 14 heavy (non-hydrogen) atoms. The standard InChI is InChI=1S/C11H12FNO/c1-3-7-13(2)11-6-4-5-10(12)9(11)8-14/h3-6,8H,1,7H2,2H3. The lowest BCUT2D eigenvalue weighted by Gasteiger charge is -2.18. The Labute approximate surface area is 82.7 Å². The lowest BCUT2D eigenvalue weighted by molar-refractivity contribution is 0.112. The fraction of sp³-hybridized carbons (Fsp3) is 0.182. The van der Waals surface area contributed by atoms with Crippen LogP contribution in [0, 0.1) is 5.82 Å². The lowest BCUT2D eigenvalue weighted by atomic mass is 10.1. The topological polar surface area (TPSA) is 20.3 Å². The molecule has 0 aliphatic rings. The van der Waals surface area contributed by atoms with Crippen molar-refractivity contribution < 1.29 is 9.18 Å². The van der Waals surface area contributed by atoms with Gasteiger partial charge in [0.25, 0.3) is 0 Å². The van der Waals surface area contributed by atoms with Crippen LogP contribution in [0.1, 0.15) is 10.4 Å². The molecule has 74 valence electrons. The number of hydrogen-bond donors (Lipinski definition) is 0. The van der Waals surface area contributed by atoms with Crippen molar-refractivity contribution in [2.75, 3.05) is 18.5 Å². The third kappa shape index (κ3) is 1.99. The monoisotopic (exact) mass is 193 g/mol. The van der Waals surface area contributed by atoms with Gasteiger partial charge in [-0.1, -0.05) is 12.1 Å². The van der Waals surface area contributed by atoms with Gasteiger partial charge in [0.2, 0.25) is 0 Å². The van der Waals surface area contributed by atoms with Gasteiger partial charge in [-0.15, -0.1) is 6.58 Å². The molecule has 0 aliphatic heterocycles. The third-order valence-electron chi connectivity index (χ3n) is 1.96. The summed E-state index contributed by atoms with van der Waals surface area (Å²) in [7, 11) is 1.78. The molecule has 0 saturated carbocycles. The van der Waals surface area contributed by atoms with Crippen molar-refractivity contribution in [3.05, 3.63) is 42.2 Å². The zero-order valence-corrected chi connectivity index (χ0v) is 8.03. The first-order valence-corrected chi connectivity index (χ1v) is 4.26. The molecule has 0 fully saturated rings. The van der Waals surface area contributed by atoms with Crippen molar-refractivity contribution in [2.45, 2.75) is 0 Å². The van der Waals surface area contributed by atoms with Gasteiger partial charge in [-0.2, -0.15) is 0 Å². The van der Waals surface area contributed by atoms with E-state index in [0.29, 0.717) is 18.5 Å². The molecule has 0 unspecified atom stereocenters. The maximum Gasteiger partial charge on any atom is 0.155 e. The van der Waals surface area contributed by atoms with Crippen molar-refractivity contribution in [3.8, 4) is 0 Å². The summed E-state index contributed by atoms with van der Waals surface area (Å²) < 4.78 is 13.2. The van der Waals surface area contributed by atoms with Gasteiger partial charge in [0.15, 0.2) is 6.29 Å². The summed E-state index contributed by atoms with van der Waals surface area (Å²) in [4.78, 5) is 12.4. The summed E-state index contributed by atoms with van der Waals surface area (Å²) in [6.07, 6.45) is 2.23. The Bertz CT molecular complexity index is 349. The fourth-order valence-electron chi connectivity index (χ4n) is 1.27. The predicted molar refractivity (Wildman–Crippen MR) is 55.3 cm³/mol. The van der Waals surface area contributed by atoms with Crippen molar-refractivity contribution in [1.29, 1.82) is 0 Å². The molecule has 0 amide bonds. The maximum atomic E-state index is 13.2. The van der Waals surface area contributed by atoms with Crippen LogP contribution in [0.2, 0.25) is 0 Å². The van der Waals surface area contributed by atoms with Gasteiger partial charge in [-0.3, -0.25) is 4.79 Å². The summed E-state index contributed by atoms with van der Waals surface area (Å²) in [6.45, 7) is 4.15. The first kappa shape index (κ1) is 10.4. The van der Waals surface area contributed by atoms with E-state index in [9.17, 15) is 9.18 Å².